The minimum Gasteiger partial charge on any atom is -0.811 e. The van der Waals surface area contributed by atoms with Crippen LogP contribution in [0.4, 0.5) is 0 Å². The van der Waals surface area contributed by atoms with E-state index in [2.05, 4.69) is 0 Å². The Morgan fingerprint density at radius 1 is 1.19 bits per heavy atom. The molecule has 1 unspecified atom stereocenters. The van der Waals surface area contributed by atoms with Gasteiger partial charge in [0.15, 0.2) is 0 Å². The van der Waals surface area contributed by atoms with E-state index in [1.807, 2.05) is 24.3 Å². The predicted molar refractivity (Wildman–Crippen MR) is 103 cm³/mol. The fourth-order valence-corrected chi connectivity index (χ4v) is 4.98. The largest absolute Gasteiger partial charge is 0.811 e. The van der Waals surface area contributed by atoms with Crippen LogP contribution in [0.15, 0.2) is 52.3 Å². The molecule has 2 aromatic carbocycles. The molecule has 0 amide bonds. The molecule has 6 nitrogen and oxygen atoms in total. The summed E-state index contributed by atoms with van der Waals surface area (Å²) in [6.45, 7) is -0.575. The lowest BCUT2D eigenvalue weighted by Crippen LogP contribution is -2.49. The molecular weight excluding hydrogens is 409 g/mol. The summed E-state index contributed by atoms with van der Waals surface area (Å²) in [5.41, 5.74) is 5.26. The van der Waals surface area contributed by atoms with Gasteiger partial charge >= 0.3 is 0 Å². The molecule has 4 N–H and O–H groups in total. The van der Waals surface area contributed by atoms with Gasteiger partial charge in [0.2, 0.25) is 0 Å². The lowest BCUT2D eigenvalue weighted by atomic mass is 9.95. The molecule has 0 radical (unpaired) electrons. The van der Waals surface area contributed by atoms with Crippen molar-refractivity contribution in [1.82, 2.24) is 0 Å². The fraction of sp³-hybridized carbons (Fsp3) is 0.333. The maximum absolute atomic E-state index is 10.9. The molecule has 0 aromatic heterocycles. The molecule has 2 aromatic rings. The van der Waals surface area contributed by atoms with Gasteiger partial charge in [0.05, 0.1) is 6.61 Å². The Morgan fingerprint density at radius 2 is 1.89 bits per heavy atom. The number of hydrogen-bond donors (Lipinski definition) is 3. The lowest BCUT2D eigenvalue weighted by molar-refractivity contribution is -0.314. The maximum atomic E-state index is 10.9. The number of aliphatic hydroxyl groups is 1. The second-order valence-corrected chi connectivity index (χ2v) is 9.59. The van der Waals surface area contributed by atoms with Gasteiger partial charge in [0.25, 0.3) is 0 Å². The topological polar surface area (TPSA) is 130 Å². The van der Waals surface area contributed by atoms with Crippen LogP contribution >= 0.6 is 31.0 Å². The minimum atomic E-state index is -4.80. The SMILES string of the molecule is NC(CO)(CCCc1ccc(Sc2cccc(O)c2)cc1Cl)CP(=O)([O-])[O-]. The molecule has 2 rings (SSSR count). The summed E-state index contributed by atoms with van der Waals surface area (Å²) in [4.78, 5) is 23.7. The number of aromatic hydroxyl groups is 1. The summed E-state index contributed by atoms with van der Waals surface area (Å²) in [6.07, 6.45) is 0.435. The van der Waals surface area contributed by atoms with E-state index in [1.165, 1.54) is 11.8 Å². The van der Waals surface area contributed by atoms with Gasteiger partial charge in [0.1, 0.15) is 5.75 Å². The van der Waals surface area contributed by atoms with Crippen LogP contribution in [-0.4, -0.2) is 28.5 Å². The van der Waals surface area contributed by atoms with Crippen LogP contribution < -0.4 is 15.5 Å². The zero-order chi connectivity index (χ0) is 20.1. The van der Waals surface area contributed by atoms with E-state index < -0.39 is 25.9 Å². The Balaban J connectivity index is 1.96. The summed E-state index contributed by atoms with van der Waals surface area (Å²) in [6, 6.07) is 12.5. The first-order chi connectivity index (χ1) is 12.6. The normalized spacial score (nSPS) is 14.1. The standard InChI is InChI=1S/C18H23ClNO5PS/c19-17-10-16(27-15-5-1-4-14(22)9-15)7-6-13(17)3-2-8-18(20,11-21)12-26(23,24)25/h1,4-7,9-10,21-22H,2-3,8,11-12,20H2,(H2,23,24,25)/p-2. The molecule has 0 saturated heterocycles. The second kappa shape index (κ2) is 9.43. The smallest absolute Gasteiger partial charge is 0.116 e. The summed E-state index contributed by atoms with van der Waals surface area (Å²) in [7, 11) is -4.80. The summed E-state index contributed by atoms with van der Waals surface area (Å²) in [5, 5.41) is 19.4. The molecular formula is C18H21ClNO5PS-2. The number of aliphatic hydroxyl groups excluding tert-OH is 1. The molecule has 0 aliphatic rings. The fourth-order valence-electron chi connectivity index (χ4n) is 2.70. The van der Waals surface area contributed by atoms with E-state index in [4.69, 9.17) is 17.3 Å². The van der Waals surface area contributed by atoms with Crippen LogP contribution in [0.3, 0.4) is 0 Å². The number of hydrogen-bond acceptors (Lipinski definition) is 7. The lowest BCUT2D eigenvalue weighted by Gasteiger charge is -2.39. The molecule has 0 spiro atoms. The number of rotatable bonds is 9. The quantitative estimate of drug-likeness (QED) is 0.520. The van der Waals surface area contributed by atoms with Crippen LogP contribution in [-0.2, 0) is 11.0 Å². The van der Waals surface area contributed by atoms with Crippen molar-refractivity contribution in [2.75, 3.05) is 12.8 Å². The summed E-state index contributed by atoms with van der Waals surface area (Å²) < 4.78 is 10.9. The van der Waals surface area contributed by atoms with Gasteiger partial charge in [-0.15, -0.1) is 0 Å². The molecule has 1 atom stereocenters. The molecule has 9 heteroatoms. The molecule has 0 aliphatic heterocycles. The molecule has 148 valence electrons. The van der Waals surface area contributed by atoms with Crippen molar-refractivity contribution < 1.29 is 24.6 Å². The van der Waals surface area contributed by atoms with E-state index in [1.54, 1.807) is 18.2 Å². The molecule has 0 bridgehead atoms. The zero-order valence-electron chi connectivity index (χ0n) is 14.5. The monoisotopic (exact) mass is 429 g/mol. The van der Waals surface area contributed by atoms with Crippen molar-refractivity contribution in [2.24, 2.45) is 5.73 Å². The highest BCUT2D eigenvalue weighted by Crippen LogP contribution is 2.34. The number of phenolic OH excluding ortho intramolecular Hbond substituents is 1. The van der Waals surface area contributed by atoms with Crippen molar-refractivity contribution in [3.8, 4) is 5.75 Å². The number of nitrogens with two attached hydrogens (primary N) is 1. The van der Waals surface area contributed by atoms with Crippen LogP contribution in [0.1, 0.15) is 18.4 Å². The second-order valence-electron chi connectivity index (χ2n) is 6.50. The summed E-state index contributed by atoms with van der Waals surface area (Å²) in [5.74, 6) is 0.192. The highest BCUT2D eigenvalue weighted by molar-refractivity contribution is 7.99. The van der Waals surface area contributed by atoms with Crippen LogP contribution in [0.5, 0.6) is 5.75 Å². The Bertz CT molecular complexity index is 831. The van der Waals surface area contributed by atoms with E-state index >= 15 is 0 Å². The minimum absolute atomic E-state index is 0.189. The first-order valence-corrected chi connectivity index (χ1v) is 11.2. The maximum Gasteiger partial charge on any atom is 0.116 e. The highest BCUT2D eigenvalue weighted by atomic mass is 35.5. The van der Waals surface area contributed by atoms with Crippen molar-refractivity contribution >= 4 is 31.0 Å². The van der Waals surface area contributed by atoms with Gasteiger partial charge in [-0.2, -0.15) is 0 Å². The number of halogens is 1. The highest BCUT2D eigenvalue weighted by Gasteiger charge is 2.25. The molecule has 0 saturated carbocycles. The Kier molecular flexibility index (Phi) is 7.77. The molecule has 0 aliphatic carbocycles. The Morgan fingerprint density at radius 3 is 2.48 bits per heavy atom. The number of phenols is 1. The average Bonchev–Trinajstić information content (AvgIpc) is 2.55. The van der Waals surface area contributed by atoms with Gasteiger partial charge in [0, 0.05) is 20.4 Å². The van der Waals surface area contributed by atoms with Crippen LogP contribution in [0.25, 0.3) is 0 Å². The third-order valence-corrected chi connectivity index (χ3v) is 6.37. The van der Waals surface area contributed by atoms with Crippen LogP contribution in [0, 0.1) is 0 Å². The first kappa shape index (κ1) is 22.2. The van der Waals surface area contributed by atoms with Crippen LogP contribution in [0.2, 0.25) is 5.02 Å². The number of benzene rings is 2. The van der Waals surface area contributed by atoms with Gasteiger partial charge in [-0.3, -0.25) is 0 Å². The molecule has 0 fully saturated rings. The summed E-state index contributed by atoms with van der Waals surface area (Å²) >= 11 is 7.79. The number of aryl methyl sites for hydroxylation is 1. The zero-order valence-corrected chi connectivity index (χ0v) is 17.0. The molecule has 0 heterocycles. The van der Waals surface area contributed by atoms with E-state index in [9.17, 15) is 24.6 Å². The van der Waals surface area contributed by atoms with Gasteiger partial charge < -0.3 is 30.3 Å². The average molecular weight is 430 g/mol. The third-order valence-electron chi connectivity index (χ3n) is 4.02. The predicted octanol–water partition coefficient (Wildman–Crippen LogP) is 2.12. The van der Waals surface area contributed by atoms with Crippen molar-refractivity contribution in [1.29, 1.82) is 0 Å². The van der Waals surface area contributed by atoms with Gasteiger partial charge in [-0.25, -0.2) is 0 Å². The third kappa shape index (κ3) is 7.47. The van der Waals surface area contributed by atoms with E-state index in [0.717, 1.165) is 15.4 Å². The van der Waals surface area contributed by atoms with Gasteiger partial charge in [-0.05, 0) is 61.3 Å². The Hall–Kier alpha value is -1.05. The van der Waals surface area contributed by atoms with E-state index in [-0.39, 0.29) is 12.2 Å². The van der Waals surface area contributed by atoms with Crippen molar-refractivity contribution in [3.05, 3.63) is 53.1 Å². The van der Waals surface area contributed by atoms with Crippen molar-refractivity contribution in [3.63, 3.8) is 0 Å². The Labute approximate surface area is 167 Å². The van der Waals surface area contributed by atoms with Gasteiger partial charge in [-0.1, -0.05) is 43.1 Å². The van der Waals surface area contributed by atoms with Crippen molar-refractivity contribution in [2.45, 2.75) is 34.6 Å². The molecule has 27 heavy (non-hydrogen) atoms. The van der Waals surface area contributed by atoms with E-state index in [0.29, 0.717) is 17.9 Å². The first-order valence-electron chi connectivity index (χ1n) is 8.26.